The van der Waals surface area contributed by atoms with Crippen molar-refractivity contribution in [2.24, 2.45) is 0 Å². The number of halogens is 2. The van der Waals surface area contributed by atoms with E-state index in [2.05, 4.69) is 25.3 Å². The highest BCUT2D eigenvalue weighted by Crippen LogP contribution is 2.24. The standard InChI is InChI=1S/C8H7Cl2N5O2S/c9-5-1-2-6(10)7(3-5)18(16,17)11-4-8-12-14-15-13-8/h1-3,11H,4H2,(H,12,13,14,15). The highest BCUT2D eigenvalue weighted by atomic mass is 35.5. The lowest BCUT2D eigenvalue weighted by Gasteiger charge is -2.06. The van der Waals surface area contributed by atoms with Gasteiger partial charge in [-0.15, -0.1) is 10.2 Å². The lowest BCUT2D eigenvalue weighted by molar-refractivity contribution is 0.579. The molecule has 0 aliphatic carbocycles. The van der Waals surface area contributed by atoms with Gasteiger partial charge in [0.1, 0.15) is 4.90 Å². The van der Waals surface area contributed by atoms with E-state index in [4.69, 9.17) is 23.2 Å². The van der Waals surface area contributed by atoms with Gasteiger partial charge in [0.05, 0.1) is 11.6 Å². The normalized spacial score (nSPS) is 11.7. The predicted molar refractivity (Wildman–Crippen MR) is 64.7 cm³/mol. The van der Waals surface area contributed by atoms with Crippen molar-refractivity contribution in [3.8, 4) is 0 Å². The molecule has 0 radical (unpaired) electrons. The molecule has 0 unspecified atom stereocenters. The predicted octanol–water partition coefficient (Wildman–Crippen LogP) is 0.985. The van der Waals surface area contributed by atoms with Gasteiger partial charge in [-0.05, 0) is 18.2 Å². The van der Waals surface area contributed by atoms with Gasteiger partial charge in [0.15, 0.2) is 5.82 Å². The van der Waals surface area contributed by atoms with Gasteiger partial charge in [0.25, 0.3) is 0 Å². The fraction of sp³-hybridized carbons (Fsp3) is 0.125. The highest BCUT2D eigenvalue weighted by molar-refractivity contribution is 7.89. The van der Waals surface area contributed by atoms with Gasteiger partial charge < -0.3 is 0 Å². The molecule has 10 heteroatoms. The molecule has 1 heterocycles. The third kappa shape index (κ3) is 2.96. The third-order valence-corrected chi connectivity index (χ3v) is 4.11. The van der Waals surface area contributed by atoms with Crippen molar-refractivity contribution in [3.63, 3.8) is 0 Å². The molecular formula is C8H7Cl2N5O2S. The number of tetrazole rings is 1. The number of hydrogen-bond donors (Lipinski definition) is 2. The number of nitrogens with zero attached hydrogens (tertiary/aromatic N) is 3. The number of hydrogen-bond acceptors (Lipinski definition) is 5. The minimum absolute atomic E-state index is 0.0833. The Morgan fingerprint density at radius 1 is 1.33 bits per heavy atom. The Morgan fingerprint density at radius 3 is 2.78 bits per heavy atom. The summed E-state index contributed by atoms with van der Waals surface area (Å²) >= 11 is 11.5. The van der Waals surface area contributed by atoms with Crippen LogP contribution in [0.25, 0.3) is 0 Å². The van der Waals surface area contributed by atoms with Gasteiger partial charge in [-0.1, -0.05) is 28.4 Å². The number of benzene rings is 1. The maximum absolute atomic E-state index is 12.0. The molecule has 7 nitrogen and oxygen atoms in total. The van der Waals surface area contributed by atoms with Gasteiger partial charge in [-0.2, -0.15) is 5.21 Å². The minimum Gasteiger partial charge on any atom is -0.207 e. The van der Waals surface area contributed by atoms with Crippen molar-refractivity contribution in [2.45, 2.75) is 11.4 Å². The first kappa shape index (κ1) is 13.2. The summed E-state index contributed by atoms with van der Waals surface area (Å²) in [6.07, 6.45) is 0. The van der Waals surface area contributed by atoms with E-state index in [0.717, 1.165) is 0 Å². The van der Waals surface area contributed by atoms with Gasteiger partial charge in [-0.3, -0.25) is 0 Å². The summed E-state index contributed by atoms with van der Waals surface area (Å²) in [5.41, 5.74) is 0. The Balaban J connectivity index is 2.22. The number of rotatable bonds is 4. The first-order chi connectivity index (χ1) is 8.49. The van der Waals surface area contributed by atoms with E-state index in [-0.39, 0.29) is 27.3 Å². The second kappa shape index (κ2) is 5.19. The van der Waals surface area contributed by atoms with Crippen molar-refractivity contribution < 1.29 is 8.42 Å². The van der Waals surface area contributed by atoms with E-state index in [1.165, 1.54) is 18.2 Å². The molecule has 0 saturated carbocycles. The Labute approximate surface area is 113 Å². The first-order valence-corrected chi connectivity index (χ1v) is 6.90. The lowest BCUT2D eigenvalue weighted by atomic mass is 10.4. The van der Waals surface area contributed by atoms with Gasteiger partial charge in [0.2, 0.25) is 10.0 Å². The van der Waals surface area contributed by atoms with E-state index in [0.29, 0.717) is 0 Å². The Bertz CT molecular complexity index is 644. The summed E-state index contributed by atoms with van der Waals surface area (Å²) in [6.45, 7) is -0.0956. The van der Waals surface area contributed by atoms with Crippen molar-refractivity contribution >= 4 is 33.2 Å². The van der Waals surface area contributed by atoms with Gasteiger partial charge >= 0.3 is 0 Å². The number of sulfonamides is 1. The molecule has 0 amide bonds. The molecule has 0 saturated heterocycles. The average molecular weight is 308 g/mol. The zero-order chi connectivity index (χ0) is 13.2. The van der Waals surface area contributed by atoms with Crippen LogP contribution in [-0.2, 0) is 16.6 Å². The summed E-state index contributed by atoms with van der Waals surface area (Å²) in [4.78, 5) is -0.0971. The van der Waals surface area contributed by atoms with Crippen LogP contribution in [0.5, 0.6) is 0 Å². The lowest BCUT2D eigenvalue weighted by Crippen LogP contribution is -2.24. The molecule has 0 bridgehead atoms. The monoisotopic (exact) mass is 307 g/mol. The molecule has 0 spiro atoms. The summed E-state index contributed by atoms with van der Waals surface area (Å²) < 4.78 is 26.2. The molecule has 18 heavy (non-hydrogen) atoms. The third-order valence-electron chi connectivity index (χ3n) is 1.99. The summed E-state index contributed by atoms with van der Waals surface area (Å²) in [7, 11) is -3.78. The van der Waals surface area contributed by atoms with Crippen LogP contribution in [0.1, 0.15) is 5.82 Å². The molecule has 2 aromatic rings. The molecular weight excluding hydrogens is 301 g/mol. The molecule has 2 rings (SSSR count). The van der Waals surface area contributed by atoms with E-state index in [9.17, 15) is 8.42 Å². The Kier molecular flexibility index (Phi) is 3.81. The fourth-order valence-corrected chi connectivity index (χ4v) is 2.92. The first-order valence-electron chi connectivity index (χ1n) is 4.66. The van der Waals surface area contributed by atoms with Crippen molar-refractivity contribution in [1.82, 2.24) is 25.3 Å². The van der Waals surface area contributed by atoms with Crippen LogP contribution < -0.4 is 4.72 Å². The fourth-order valence-electron chi connectivity index (χ4n) is 1.18. The van der Waals surface area contributed by atoms with Crippen LogP contribution in [-0.4, -0.2) is 29.0 Å². The second-order valence-electron chi connectivity index (χ2n) is 3.23. The zero-order valence-corrected chi connectivity index (χ0v) is 11.1. The van der Waals surface area contributed by atoms with Crippen LogP contribution >= 0.6 is 23.2 Å². The molecule has 2 N–H and O–H groups in total. The molecule has 0 atom stereocenters. The van der Waals surface area contributed by atoms with Gasteiger partial charge in [0, 0.05) is 5.02 Å². The summed E-state index contributed by atoms with van der Waals surface area (Å²) in [6, 6.07) is 4.18. The molecule has 96 valence electrons. The maximum Gasteiger partial charge on any atom is 0.242 e. The zero-order valence-electron chi connectivity index (χ0n) is 8.76. The van der Waals surface area contributed by atoms with Crippen molar-refractivity contribution in [2.75, 3.05) is 0 Å². The van der Waals surface area contributed by atoms with E-state index < -0.39 is 10.0 Å². The molecule has 1 aromatic heterocycles. The highest BCUT2D eigenvalue weighted by Gasteiger charge is 2.18. The Morgan fingerprint density at radius 2 is 2.11 bits per heavy atom. The maximum atomic E-state index is 12.0. The van der Waals surface area contributed by atoms with Crippen LogP contribution in [0.15, 0.2) is 23.1 Å². The largest absolute Gasteiger partial charge is 0.242 e. The van der Waals surface area contributed by atoms with Crippen LogP contribution in [0.3, 0.4) is 0 Å². The molecule has 0 aliphatic rings. The minimum atomic E-state index is -3.78. The quantitative estimate of drug-likeness (QED) is 0.877. The van der Waals surface area contributed by atoms with E-state index >= 15 is 0 Å². The van der Waals surface area contributed by atoms with Crippen LogP contribution in [0.4, 0.5) is 0 Å². The number of nitrogens with one attached hydrogen (secondary N) is 2. The second-order valence-corrected chi connectivity index (χ2v) is 5.81. The van der Waals surface area contributed by atoms with Gasteiger partial charge in [-0.25, -0.2) is 13.1 Å². The molecule has 1 aromatic carbocycles. The molecule has 0 aliphatic heterocycles. The number of aromatic amines is 1. The van der Waals surface area contributed by atoms with Crippen LogP contribution in [0.2, 0.25) is 10.0 Å². The SMILES string of the molecule is O=S(=O)(NCc1nn[nH]n1)c1cc(Cl)ccc1Cl. The summed E-state index contributed by atoms with van der Waals surface area (Å²) in [5.74, 6) is 0.219. The number of H-pyrrole nitrogens is 1. The Hall–Kier alpha value is -1.22. The number of aromatic nitrogens is 4. The van der Waals surface area contributed by atoms with E-state index in [1.807, 2.05) is 0 Å². The summed E-state index contributed by atoms with van der Waals surface area (Å²) in [5, 5.41) is 13.1. The van der Waals surface area contributed by atoms with Crippen LogP contribution in [0, 0.1) is 0 Å². The van der Waals surface area contributed by atoms with Crippen molar-refractivity contribution in [1.29, 1.82) is 0 Å². The molecule has 0 fully saturated rings. The smallest absolute Gasteiger partial charge is 0.207 e. The topological polar surface area (TPSA) is 101 Å². The average Bonchev–Trinajstić information content (AvgIpc) is 2.83. The van der Waals surface area contributed by atoms with Crippen molar-refractivity contribution in [3.05, 3.63) is 34.1 Å². The van der Waals surface area contributed by atoms with E-state index in [1.54, 1.807) is 0 Å².